The lowest BCUT2D eigenvalue weighted by Gasteiger charge is -2.46. The third kappa shape index (κ3) is 1.85. The topological polar surface area (TPSA) is 46.2 Å². The first kappa shape index (κ1) is 11.6. The molecule has 1 atom stereocenters. The van der Waals surface area contributed by atoms with E-state index in [4.69, 9.17) is 5.73 Å². The van der Waals surface area contributed by atoms with Gasteiger partial charge in [0, 0.05) is 17.9 Å². The smallest absolute Gasteiger partial charge is 0.123 e. The van der Waals surface area contributed by atoms with Gasteiger partial charge >= 0.3 is 0 Å². The standard InChI is InChI=1S/C13H18FNO/c14-11-4-2-10(3-5-11)12(8-15)13(9-16)6-1-7-13/h2-5,12,16H,1,6-9,15H2/t12-/m0/s1. The van der Waals surface area contributed by atoms with Crippen molar-refractivity contribution in [1.29, 1.82) is 0 Å². The summed E-state index contributed by atoms with van der Waals surface area (Å²) in [4.78, 5) is 0. The molecule has 0 bridgehead atoms. The average Bonchev–Trinajstić information content (AvgIpc) is 2.25. The Labute approximate surface area is 95.3 Å². The number of aliphatic hydroxyl groups is 1. The van der Waals surface area contributed by atoms with Gasteiger partial charge in [0.25, 0.3) is 0 Å². The van der Waals surface area contributed by atoms with Crippen LogP contribution in [-0.4, -0.2) is 18.3 Å². The molecule has 3 N–H and O–H groups in total. The summed E-state index contributed by atoms with van der Waals surface area (Å²) in [6.07, 6.45) is 3.18. The molecule has 0 saturated heterocycles. The van der Waals surface area contributed by atoms with Crippen LogP contribution in [0.25, 0.3) is 0 Å². The van der Waals surface area contributed by atoms with Crippen molar-refractivity contribution in [3.05, 3.63) is 35.6 Å². The van der Waals surface area contributed by atoms with Gasteiger partial charge in [0.1, 0.15) is 5.82 Å². The number of benzene rings is 1. The van der Waals surface area contributed by atoms with Crippen LogP contribution in [0.4, 0.5) is 4.39 Å². The molecule has 2 rings (SSSR count). The third-order valence-electron chi connectivity index (χ3n) is 3.91. The van der Waals surface area contributed by atoms with Gasteiger partial charge < -0.3 is 10.8 Å². The molecule has 0 unspecified atom stereocenters. The molecule has 0 radical (unpaired) electrons. The Morgan fingerprint density at radius 3 is 2.31 bits per heavy atom. The minimum absolute atomic E-state index is 0.0629. The first-order valence-electron chi connectivity index (χ1n) is 5.78. The summed E-state index contributed by atoms with van der Waals surface area (Å²) in [7, 11) is 0. The van der Waals surface area contributed by atoms with E-state index >= 15 is 0 Å². The summed E-state index contributed by atoms with van der Waals surface area (Å²) < 4.78 is 12.8. The van der Waals surface area contributed by atoms with Gasteiger partial charge in [0.05, 0.1) is 0 Å². The van der Waals surface area contributed by atoms with E-state index in [2.05, 4.69) is 0 Å². The van der Waals surface area contributed by atoms with E-state index in [1.54, 1.807) is 12.1 Å². The van der Waals surface area contributed by atoms with Gasteiger partial charge in [0.15, 0.2) is 0 Å². The Bertz CT molecular complexity index is 340. The zero-order chi connectivity index (χ0) is 11.6. The molecule has 0 spiro atoms. The lowest BCUT2D eigenvalue weighted by molar-refractivity contribution is 0.0192. The van der Waals surface area contributed by atoms with Crippen molar-refractivity contribution < 1.29 is 9.50 Å². The fourth-order valence-electron chi connectivity index (χ4n) is 2.68. The third-order valence-corrected chi connectivity index (χ3v) is 3.91. The highest BCUT2D eigenvalue weighted by molar-refractivity contribution is 5.24. The Morgan fingerprint density at radius 1 is 1.31 bits per heavy atom. The van der Waals surface area contributed by atoms with Crippen LogP contribution < -0.4 is 5.73 Å². The number of hydrogen-bond acceptors (Lipinski definition) is 2. The normalized spacial score (nSPS) is 20.2. The maximum Gasteiger partial charge on any atom is 0.123 e. The lowest BCUT2D eigenvalue weighted by atomic mass is 9.60. The van der Waals surface area contributed by atoms with Crippen LogP contribution in [0, 0.1) is 11.2 Å². The number of halogens is 1. The zero-order valence-electron chi connectivity index (χ0n) is 9.32. The monoisotopic (exact) mass is 223 g/mol. The van der Waals surface area contributed by atoms with Crippen molar-refractivity contribution in [2.75, 3.05) is 13.2 Å². The first-order chi connectivity index (χ1) is 7.72. The number of hydrogen-bond donors (Lipinski definition) is 2. The Morgan fingerprint density at radius 2 is 1.94 bits per heavy atom. The first-order valence-corrected chi connectivity index (χ1v) is 5.78. The molecule has 0 amide bonds. The van der Waals surface area contributed by atoms with Crippen LogP contribution in [0.2, 0.25) is 0 Å². The quantitative estimate of drug-likeness (QED) is 0.820. The van der Waals surface area contributed by atoms with Gasteiger partial charge in [-0.1, -0.05) is 18.6 Å². The molecule has 2 nitrogen and oxygen atoms in total. The summed E-state index contributed by atoms with van der Waals surface area (Å²) in [5, 5.41) is 9.52. The minimum atomic E-state index is -0.230. The molecule has 16 heavy (non-hydrogen) atoms. The molecule has 88 valence electrons. The van der Waals surface area contributed by atoms with Crippen molar-refractivity contribution in [3.63, 3.8) is 0 Å². The molecule has 1 aliphatic rings. The van der Waals surface area contributed by atoms with Crippen molar-refractivity contribution in [3.8, 4) is 0 Å². The van der Waals surface area contributed by atoms with Crippen LogP contribution in [0.15, 0.2) is 24.3 Å². The second-order valence-electron chi connectivity index (χ2n) is 4.71. The fourth-order valence-corrected chi connectivity index (χ4v) is 2.68. The lowest BCUT2D eigenvalue weighted by Crippen LogP contribution is -2.42. The van der Waals surface area contributed by atoms with Crippen molar-refractivity contribution >= 4 is 0 Å². The molecular formula is C13H18FNO. The summed E-state index contributed by atoms with van der Waals surface area (Å²) in [5.41, 5.74) is 6.79. The van der Waals surface area contributed by atoms with E-state index in [1.165, 1.54) is 12.1 Å². The summed E-state index contributed by atoms with van der Waals surface area (Å²) >= 11 is 0. The second kappa shape index (κ2) is 4.52. The van der Waals surface area contributed by atoms with E-state index in [0.717, 1.165) is 24.8 Å². The molecule has 0 aromatic heterocycles. The molecule has 3 heteroatoms. The Hall–Kier alpha value is -0.930. The Kier molecular flexibility index (Phi) is 3.26. The number of nitrogens with two attached hydrogens (primary N) is 1. The maximum atomic E-state index is 12.8. The molecule has 1 aromatic rings. The van der Waals surface area contributed by atoms with Crippen LogP contribution in [0.5, 0.6) is 0 Å². The van der Waals surface area contributed by atoms with E-state index in [1.807, 2.05) is 0 Å². The highest BCUT2D eigenvalue weighted by Crippen LogP contribution is 2.50. The Balaban J connectivity index is 2.25. The molecule has 0 aliphatic heterocycles. The SMILES string of the molecule is NC[C@@H](c1ccc(F)cc1)C1(CO)CCC1. The van der Waals surface area contributed by atoms with Crippen molar-refractivity contribution in [1.82, 2.24) is 0 Å². The van der Waals surface area contributed by atoms with Crippen LogP contribution in [-0.2, 0) is 0 Å². The molecular weight excluding hydrogens is 205 g/mol. The van der Waals surface area contributed by atoms with E-state index in [-0.39, 0.29) is 23.8 Å². The van der Waals surface area contributed by atoms with Gasteiger partial charge in [-0.15, -0.1) is 0 Å². The van der Waals surface area contributed by atoms with Crippen LogP contribution in [0.1, 0.15) is 30.7 Å². The van der Waals surface area contributed by atoms with Gasteiger partial charge in [-0.2, -0.15) is 0 Å². The highest BCUT2D eigenvalue weighted by Gasteiger charge is 2.43. The average molecular weight is 223 g/mol. The van der Waals surface area contributed by atoms with Crippen LogP contribution in [0.3, 0.4) is 0 Å². The molecule has 1 aliphatic carbocycles. The van der Waals surface area contributed by atoms with E-state index < -0.39 is 0 Å². The predicted molar refractivity (Wildman–Crippen MR) is 61.6 cm³/mol. The van der Waals surface area contributed by atoms with Gasteiger partial charge in [-0.25, -0.2) is 4.39 Å². The fraction of sp³-hybridized carbons (Fsp3) is 0.538. The number of rotatable bonds is 4. The second-order valence-corrected chi connectivity index (χ2v) is 4.71. The van der Waals surface area contributed by atoms with E-state index in [0.29, 0.717) is 6.54 Å². The number of aliphatic hydroxyl groups excluding tert-OH is 1. The largest absolute Gasteiger partial charge is 0.396 e. The maximum absolute atomic E-state index is 12.8. The zero-order valence-corrected chi connectivity index (χ0v) is 9.32. The minimum Gasteiger partial charge on any atom is -0.396 e. The summed E-state index contributed by atoms with van der Waals surface area (Å²) in [5.74, 6) is -0.0852. The highest BCUT2D eigenvalue weighted by atomic mass is 19.1. The summed E-state index contributed by atoms with van der Waals surface area (Å²) in [6.45, 7) is 0.679. The molecule has 1 fully saturated rings. The van der Waals surface area contributed by atoms with Gasteiger partial charge in [-0.05, 0) is 37.1 Å². The summed E-state index contributed by atoms with van der Waals surface area (Å²) in [6, 6.07) is 6.48. The van der Waals surface area contributed by atoms with Gasteiger partial charge in [-0.3, -0.25) is 0 Å². The van der Waals surface area contributed by atoms with Crippen LogP contribution >= 0.6 is 0 Å². The van der Waals surface area contributed by atoms with Crippen molar-refractivity contribution in [2.24, 2.45) is 11.1 Å². The van der Waals surface area contributed by atoms with E-state index in [9.17, 15) is 9.50 Å². The molecule has 1 saturated carbocycles. The predicted octanol–water partition coefficient (Wildman–Crippen LogP) is 2.03. The van der Waals surface area contributed by atoms with Gasteiger partial charge in [0.2, 0.25) is 0 Å². The molecule has 0 heterocycles. The van der Waals surface area contributed by atoms with Crippen molar-refractivity contribution in [2.45, 2.75) is 25.2 Å². The molecule has 1 aromatic carbocycles.